The second-order valence-corrected chi connectivity index (χ2v) is 7.64. The zero-order valence-corrected chi connectivity index (χ0v) is 16.4. The van der Waals surface area contributed by atoms with Crippen LogP contribution in [0.2, 0.25) is 0 Å². The van der Waals surface area contributed by atoms with Crippen molar-refractivity contribution in [3.05, 3.63) is 32.2 Å². The second kappa shape index (κ2) is 10.4. The topological polar surface area (TPSA) is 62.2 Å². The van der Waals surface area contributed by atoms with E-state index in [4.69, 9.17) is 0 Å². The molecule has 24 heavy (non-hydrogen) atoms. The third-order valence-corrected chi connectivity index (χ3v) is 5.27. The van der Waals surface area contributed by atoms with E-state index in [9.17, 15) is 0 Å². The van der Waals surface area contributed by atoms with E-state index in [1.54, 1.807) is 22.7 Å². The molecule has 5 nitrogen and oxygen atoms in total. The highest BCUT2D eigenvalue weighted by Crippen LogP contribution is 2.11. The Bertz CT molecular complexity index is 632. The quantitative estimate of drug-likeness (QED) is 0.406. The van der Waals surface area contributed by atoms with Gasteiger partial charge in [-0.15, -0.1) is 22.7 Å². The van der Waals surface area contributed by atoms with Crippen molar-refractivity contribution in [2.45, 2.75) is 46.5 Å². The molecule has 0 atom stereocenters. The van der Waals surface area contributed by atoms with Crippen LogP contribution < -0.4 is 10.6 Å². The summed E-state index contributed by atoms with van der Waals surface area (Å²) in [5.74, 6) is 0.898. The predicted octanol–water partition coefficient (Wildman–Crippen LogP) is 3.34. The lowest BCUT2D eigenvalue weighted by Crippen LogP contribution is -2.38. The zero-order valence-electron chi connectivity index (χ0n) is 14.8. The molecule has 0 unspecified atom stereocenters. The van der Waals surface area contributed by atoms with Gasteiger partial charge in [-0.25, -0.2) is 9.97 Å². The van der Waals surface area contributed by atoms with Crippen LogP contribution in [0.25, 0.3) is 0 Å². The zero-order chi connectivity index (χ0) is 17.2. The molecule has 0 aliphatic carbocycles. The van der Waals surface area contributed by atoms with Gasteiger partial charge in [0.1, 0.15) is 0 Å². The first-order chi connectivity index (χ1) is 11.7. The van der Waals surface area contributed by atoms with Gasteiger partial charge in [0.15, 0.2) is 5.96 Å². The van der Waals surface area contributed by atoms with Crippen molar-refractivity contribution in [3.63, 3.8) is 0 Å². The monoisotopic (exact) mass is 365 g/mol. The summed E-state index contributed by atoms with van der Waals surface area (Å²) in [4.78, 5) is 13.6. The molecule has 2 N–H and O–H groups in total. The van der Waals surface area contributed by atoms with Gasteiger partial charge in [0, 0.05) is 42.5 Å². The first-order valence-electron chi connectivity index (χ1n) is 8.51. The molecule has 7 heteroatoms. The fraction of sp³-hybridized carbons (Fsp3) is 0.588. The lowest BCUT2D eigenvalue weighted by molar-refractivity contribution is 0.726. The third kappa shape index (κ3) is 6.97. The lowest BCUT2D eigenvalue weighted by atomic mass is 10.2. The molecule has 0 aliphatic rings. The third-order valence-electron chi connectivity index (χ3n) is 3.42. The molecular formula is C17H27N5S2. The number of hydrogen-bond acceptors (Lipinski definition) is 5. The Kier molecular flexibility index (Phi) is 8.18. The van der Waals surface area contributed by atoms with Gasteiger partial charge < -0.3 is 10.6 Å². The van der Waals surface area contributed by atoms with Gasteiger partial charge in [0.25, 0.3) is 0 Å². The van der Waals surface area contributed by atoms with Crippen LogP contribution in [0.3, 0.4) is 0 Å². The van der Waals surface area contributed by atoms with Crippen LogP contribution in [0.4, 0.5) is 0 Å². The van der Waals surface area contributed by atoms with Gasteiger partial charge in [-0.2, -0.15) is 0 Å². The summed E-state index contributed by atoms with van der Waals surface area (Å²) in [5.41, 5.74) is 2.28. The number of rotatable bonds is 9. The number of unbranched alkanes of at least 4 members (excludes halogenated alkanes) is 1. The van der Waals surface area contributed by atoms with Crippen molar-refractivity contribution in [2.24, 2.45) is 4.99 Å². The normalized spacial score (nSPS) is 11.7. The highest BCUT2D eigenvalue weighted by atomic mass is 32.1. The fourth-order valence-electron chi connectivity index (χ4n) is 2.27. The number of nitrogens with zero attached hydrogens (tertiary/aromatic N) is 3. The minimum atomic E-state index is 0.843. The Hall–Kier alpha value is -1.47. The van der Waals surface area contributed by atoms with Crippen molar-refractivity contribution in [1.82, 2.24) is 20.6 Å². The van der Waals surface area contributed by atoms with Gasteiger partial charge in [-0.3, -0.25) is 4.99 Å². The molecule has 132 valence electrons. The molecule has 0 aliphatic heterocycles. The van der Waals surface area contributed by atoms with Gasteiger partial charge >= 0.3 is 0 Å². The summed E-state index contributed by atoms with van der Waals surface area (Å²) in [6, 6.07) is 0. The first kappa shape index (κ1) is 18.9. The lowest BCUT2D eigenvalue weighted by Gasteiger charge is -2.10. The molecule has 0 bridgehead atoms. The molecule has 0 saturated carbocycles. The van der Waals surface area contributed by atoms with Crippen molar-refractivity contribution < 1.29 is 0 Å². The Morgan fingerprint density at radius 2 is 1.96 bits per heavy atom. The van der Waals surface area contributed by atoms with Crippen LogP contribution in [0, 0.1) is 13.8 Å². The Morgan fingerprint density at radius 1 is 1.08 bits per heavy atom. The Morgan fingerprint density at radius 3 is 2.62 bits per heavy atom. The van der Waals surface area contributed by atoms with E-state index in [1.807, 2.05) is 13.8 Å². The number of hydrogen-bond donors (Lipinski definition) is 2. The maximum Gasteiger partial charge on any atom is 0.191 e. The number of aromatic nitrogens is 2. The van der Waals surface area contributed by atoms with Crippen molar-refractivity contribution in [1.29, 1.82) is 0 Å². The van der Waals surface area contributed by atoms with E-state index in [0.717, 1.165) is 67.7 Å². The van der Waals surface area contributed by atoms with Crippen LogP contribution >= 0.6 is 22.7 Å². The van der Waals surface area contributed by atoms with E-state index >= 15 is 0 Å². The van der Waals surface area contributed by atoms with Crippen LogP contribution in [0.15, 0.2) is 15.8 Å². The molecule has 2 heterocycles. The number of guanidine groups is 1. The van der Waals surface area contributed by atoms with Crippen LogP contribution in [-0.4, -0.2) is 35.6 Å². The molecule has 0 amide bonds. The van der Waals surface area contributed by atoms with Crippen LogP contribution in [0.1, 0.15) is 41.2 Å². The molecule has 2 aromatic heterocycles. The maximum atomic E-state index is 4.65. The van der Waals surface area contributed by atoms with E-state index in [-0.39, 0.29) is 0 Å². The minimum Gasteiger partial charge on any atom is -0.357 e. The first-order valence-corrected chi connectivity index (χ1v) is 10.3. The highest BCUT2D eigenvalue weighted by Gasteiger charge is 2.01. The van der Waals surface area contributed by atoms with Crippen LogP contribution in [-0.2, 0) is 12.8 Å². The average Bonchev–Trinajstić information content (AvgIpc) is 3.15. The average molecular weight is 366 g/mol. The molecule has 0 saturated heterocycles. The summed E-state index contributed by atoms with van der Waals surface area (Å²) in [5, 5.41) is 13.3. The molecule has 0 aromatic carbocycles. The van der Waals surface area contributed by atoms with E-state index in [1.165, 1.54) is 5.01 Å². The van der Waals surface area contributed by atoms with E-state index in [0.29, 0.717) is 0 Å². The smallest absolute Gasteiger partial charge is 0.191 e. The second-order valence-electron chi connectivity index (χ2n) is 5.64. The number of aliphatic imine (C=N–C) groups is 1. The number of nitrogens with one attached hydrogen (secondary N) is 2. The Labute approximate surface area is 152 Å². The van der Waals surface area contributed by atoms with Crippen LogP contribution in [0.5, 0.6) is 0 Å². The minimum absolute atomic E-state index is 0.843. The van der Waals surface area contributed by atoms with Crippen molar-refractivity contribution >= 4 is 28.6 Å². The summed E-state index contributed by atoms with van der Waals surface area (Å²) in [6.45, 7) is 8.75. The highest BCUT2D eigenvalue weighted by molar-refractivity contribution is 7.09. The maximum absolute atomic E-state index is 4.65. The Balaban J connectivity index is 1.65. The molecule has 2 aromatic rings. The van der Waals surface area contributed by atoms with Gasteiger partial charge in [-0.1, -0.05) is 0 Å². The molecule has 2 rings (SSSR count). The SMILES string of the molecule is CCNC(=NCCCCc1nc(C)cs1)NCCc1csc(C)n1. The van der Waals surface area contributed by atoms with Crippen molar-refractivity contribution in [2.75, 3.05) is 19.6 Å². The van der Waals surface area contributed by atoms with E-state index in [2.05, 4.69) is 43.3 Å². The summed E-state index contributed by atoms with van der Waals surface area (Å²) >= 11 is 3.46. The molecular weight excluding hydrogens is 338 g/mol. The van der Waals surface area contributed by atoms with E-state index < -0.39 is 0 Å². The predicted molar refractivity (Wildman–Crippen MR) is 104 cm³/mol. The number of thiazole rings is 2. The molecule has 0 radical (unpaired) electrons. The van der Waals surface area contributed by atoms with Gasteiger partial charge in [0.05, 0.1) is 15.7 Å². The summed E-state index contributed by atoms with van der Waals surface area (Å²) < 4.78 is 0. The van der Waals surface area contributed by atoms with Gasteiger partial charge in [0.2, 0.25) is 0 Å². The summed E-state index contributed by atoms with van der Waals surface area (Å²) in [7, 11) is 0. The largest absolute Gasteiger partial charge is 0.357 e. The number of aryl methyl sites for hydroxylation is 3. The van der Waals surface area contributed by atoms with Gasteiger partial charge in [-0.05, 0) is 40.0 Å². The summed E-state index contributed by atoms with van der Waals surface area (Å²) in [6.07, 6.45) is 4.20. The molecule has 0 fully saturated rings. The standard InChI is InChI=1S/C17H27N5S2/c1-4-18-17(20-10-8-15-12-23-14(3)22-15)19-9-6-5-7-16-21-13(2)11-24-16/h11-12H,4-10H2,1-3H3,(H2,18,19,20). The van der Waals surface area contributed by atoms with Crippen molar-refractivity contribution in [3.8, 4) is 0 Å². The molecule has 0 spiro atoms. The fourth-order valence-corrected chi connectivity index (χ4v) is 3.74.